The molecular formula is C12H15N3OS. The van der Waals surface area contributed by atoms with E-state index in [0.29, 0.717) is 0 Å². The molecule has 1 aliphatic carbocycles. The Morgan fingerprint density at radius 1 is 1.59 bits per heavy atom. The summed E-state index contributed by atoms with van der Waals surface area (Å²) in [6, 6.07) is 2.30. The zero-order chi connectivity index (χ0) is 11.8. The Morgan fingerprint density at radius 2 is 2.47 bits per heavy atom. The summed E-state index contributed by atoms with van der Waals surface area (Å²) in [5, 5.41) is 1.89. The van der Waals surface area contributed by atoms with Gasteiger partial charge in [0.1, 0.15) is 0 Å². The van der Waals surface area contributed by atoms with Crippen molar-refractivity contribution in [1.82, 2.24) is 9.55 Å². The minimum Gasteiger partial charge on any atom is -0.345 e. The summed E-state index contributed by atoms with van der Waals surface area (Å²) in [4.78, 5) is 13.9. The van der Waals surface area contributed by atoms with Crippen LogP contribution in [0, 0.1) is 0 Å². The first-order chi connectivity index (χ1) is 8.24. The van der Waals surface area contributed by atoms with Crippen molar-refractivity contribution < 1.29 is 0 Å². The summed E-state index contributed by atoms with van der Waals surface area (Å²) in [7, 11) is 0. The average molecular weight is 249 g/mol. The Labute approximate surface area is 103 Å². The number of hydrogen-bond donors (Lipinski definition) is 2. The molecule has 0 fully saturated rings. The van der Waals surface area contributed by atoms with Gasteiger partial charge < -0.3 is 15.3 Å². The molecule has 2 heterocycles. The van der Waals surface area contributed by atoms with E-state index in [2.05, 4.69) is 21.8 Å². The van der Waals surface area contributed by atoms with E-state index in [1.54, 1.807) is 0 Å². The van der Waals surface area contributed by atoms with Crippen molar-refractivity contribution >= 4 is 11.3 Å². The molecule has 17 heavy (non-hydrogen) atoms. The molecule has 0 radical (unpaired) electrons. The highest BCUT2D eigenvalue weighted by atomic mass is 32.1. The lowest BCUT2D eigenvalue weighted by Crippen LogP contribution is -2.18. The summed E-state index contributed by atoms with van der Waals surface area (Å²) in [6.45, 7) is 0.737. The Balaban J connectivity index is 1.91. The summed E-state index contributed by atoms with van der Waals surface area (Å²) in [5.74, 6) is 0. The van der Waals surface area contributed by atoms with Crippen LogP contribution in [0.15, 0.2) is 22.4 Å². The number of nitrogens with one attached hydrogen (secondary N) is 1. The van der Waals surface area contributed by atoms with Crippen molar-refractivity contribution in [2.24, 2.45) is 5.73 Å². The van der Waals surface area contributed by atoms with Gasteiger partial charge in [0.2, 0.25) is 0 Å². The van der Waals surface area contributed by atoms with Crippen molar-refractivity contribution in [2.75, 3.05) is 0 Å². The van der Waals surface area contributed by atoms with Gasteiger partial charge in [0, 0.05) is 29.0 Å². The minimum atomic E-state index is 0.0118. The van der Waals surface area contributed by atoms with Crippen LogP contribution in [0.4, 0.5) is 0 Å². The number of thiazole rings is 1. The Kier molecular flexibility index (Phi) is 2.64. The highest BCUT2D eigenvalue weighted by Gasteiger charge is 2.20. The molecule has 0 aliphatic heterocycles. The van der Waals surface area contributed by atoms with Gasteiger partial charge in [0.25, 0.3) is 0 Å². The van der Waals surface area contributed by atoms with Crippen LogP contribution in [-0.4, -0.2) is 9.55 Å². The van der Waals surface area contributed by atoms with E-state index < -0.39 is 0 Å². The molecule has 1 aliphatic rings. The molecule has 0 amide bonds. The van der Waals surface area contributed by atoms with Gasteiger partial charge in [-0.05, 0) is 30.9 Å². The molecule has 90 valence electrons. The van der Waals surface area contributed by atoms with Gasteiger partial charge in [-0.25, -0.2) is 0 Å². The molecule has 0 saturated carbocycles. The second-order valence-electron chi connectivity index (χ2n) is 4.52. The predicted molar refractivity (Wildman–Crippen MR) is 68.3 cm³/mol. The van der Waals surface area contributed by atoms with Crippen LogP contribution in [0.25, 0.3) is 0 Å². The highest BCUT2D eigenvalue weighted by Crippen LogP contribution is 2.28. The normalized spacial score (nSPS) is 19.2. The molecule has 1 unspecified atom stereocenters. The molecule has 0 spiro atoms. The zero-order valence-electron chi connectivity index (χ0n) is 9.48. The van der Waals surface area contributed by atoms with Gasteiger partial charge >= 0.3 is 4.87 Å². The third-order valence-corrected chi connectivity index (χ3v) is 4.07. The third-order valence-electron chi connectivity index (χ3n) is 3.35. The molecule has 0 aromatic carbocycles. The second kappa shape index (κ2) is 4.16. The Hall–Kier alpha value is -1.33. The first-order valence-electron chi connectivity index (χ1n) is 5.84. The number of aromatic nitrogens is 2. The number of aromatic amines is 1. The lowest BCUT2D eigenvalue weighted by atomic mass is 9.94. The summed E-state index contributed by atoms with van der Waals surface area (Å²) in [5.41, 5.74) is 9.66. The second-order valence-corrected chi connectivity index (χ2v) is 5.36. The maximum absolute atomic E-state index is 11.1. The van der Waals surface area contributed by atoms with E-state index >= 15 is 0 Å². The minimum absolute atomic E-state index is 0.0118. The molecule has 5 heteroatoms. The fourth-order valence-electron chi connectivity index (χ4n) is 2.52. The van der Waals surface area contributed by atoms with Gasteiger partial charge in [0.15, 0.2) is 0 Å². The highest BCUT2D eigenvalue weighted by molar-refractivity contribution is 7.07. The Bertz CT molecular complexity index is 581. The summed E-state index contributed by atoms with van der Waals surface area (Å²) < 4.78 is 2.20. The molecule has 0 bridgehead atoms. The maximum atomic E-state index is 11.1. The van der Waals surface area contributed by atoms with E-state index in [0.717, 1.165) is 31.5 Å². The van der Waals surface area contributed by atoms with Gasteiger partial charge in [-0.3, -0.25) is 4.79 Å². The SMILES string of the molecule is NC1CCCc2c1ccn2Cc1csc(=O)[nH]1. The van der Waals surface area contributed by atoms with Crippen LogP contribution >= 0.6 is 11.3 Å². The number of nitrogens with zero attached hydrogens (tertiary/aromatic N) is 1. The molecule has 2 aromatic heterocycles. The van der Waals surface area contributed by atoms with Crippen LogP contribution < -0.4 is 10.6 Å². The van der Waals surface area contributed by atoms with Crippen LogP contribution in [0.2, 0.25) is 0 Å². The van der Waals surface area contributed by atoms with E-state index in [-0.39, 0.29) is 10.9 Å². The van der Waals surface area contributed by atoms with E-state index in [9.17, 15) is 4.79 Å². The predicted octanol–water partition coefficient (Wildman–Crippen LogP) is 1.62. The largest absolute Gasteiger partial charge is 0.345 e. The van der Waals surface area contributed by atoms with Crippen LogP contribution in [-0.2, 0) is 13.0 Å². The molecule has 3 rings (SSSR count). The van der Waals surface area contributed by atoms with Crippen molar-refractivity contribution in [3.63, 3.8) is 0 Å². The molecular weight excluding hydrogens is 234 g/mol. The lowest BCUT2D eigenvalue weighted by Gasteiger charge is -2.20. The van der Waals surface area contributed by atoms with Crippen molar-refractivity contribution in [1.29, 1.82) is 0 Å². The van der Waals surface area contributed by atoms with E-state index in [1.807, 2.05) is 5.38 Å². The first-order valence-corrected chi connectivity index (χ1v) is 6.72. The van der Waals surface area contributed by atoms with Gasteiger partial charge in [-0.1, -0.05) is 11.3 Å². The molecule has 1 atom stereocenters. The number of fused-ring (bicyclic) bond motifs is 1. The van der Waals surface area contributed by atoms with Crippen LogP contribution in [0.1, 0.15) is 35.8 Å². The summed E-state index contributed by atoms with van der Waals surface area (Å²) >= 11 is 1.22. The standard InChI is InChI=1S/C12H15N3OS/c13-10-2-1-3-11-9(10)4-5-15(11)6-8-7-17-12(16)14-8/h4-5,7,10H,1-3,6,13H2,(H,14,16). The van der Waals surface area contributed by atoms with Gasteiger partial charge in [0.05, 0.1) is 6.54 Å². The molecule has 0 saturated heterocycles. The topological polar surface area (TPSA) is 63.8 Å². The van der Waals surface area contributed by atoms with Crippen LogP contribution in [0.3, 0.4) is 0 Å². The Morgan fingerprint density at radius 3 is 3.24 bits per heavy atom. The molecule has 3 N–H and O–H groups in total. The smallest absolute Gasteiger partial charge is 0.304 e. The van der Waals surface area contributed by atoms with Crippen molar-refractivity contribution in [3.8, 4) is 0 Å². The molecule has 4 nitrogen and oxygen atoms in total. The fourth-order valence-corrected chi connectivity index (χ4v) is 3.09. The van der Waals surface area contributed by atoms with E-state index in [1.165, 1.54) is 22.6 Å². The monoisotopic (exact) mass is 249 g/mol. The first kappa shape index (κ1) is 10.8. The average Bonchev–Trinajstić information content (AvgIpc) is 2.88. The number of nitrogens with two attached hydrogens (primary N) is 1. The molecule has 2 aromatic rings. The lowest BCUT2D eigenvalue weighted by molar-refractivity contribution is 0.547. The number of H-pyrrole nitrogens is 1. The van der Waals surface area contributed by atoms with E-state index in [4.69, 9.17) is 5.73 Å². The van der Waals surface area contributed by atoms with Crippen molar-refractivity contribution in [3.05, 3.63) is 44.3 Å². The van der Waals surface area contributed by atoms with Gasteiger partial charge in [-0.15, -0.1) is 0 Å². The number of rotatable bonds is 2. The van der Waals surface area contributed by atoms with Crippen LogP contribution in [0.5, 0.6) is 0 Å². The fraction of sp³-hybridized carbons (Fsp3) is 0.417. The maximum Gasteiger partial charge on any atom is 0.304 e. The zero-order valence-corrected chi connectivity index (χ0v) is 10.3. The van der Waals surface area contributed by atoms with Crippen molar-refractivity contribution in [2.45, 2.75) is 31.8 Å². The van der Waals surface area contributed by atoms with Gasteiger partial charge in [-0.2, -0.15) is 0 Å². The quantitative estimate of drug-likeness (QED) is 0.849. The third kappa shape index (κ3) is 1.96. The number of hydrogen-bond acceptors (Lipinski definition) is 3. The summed E-state index contributed by atoms with van der Waals surface area (Å²) in [6.07, 6.45) is 5.39.